The highest BCUT2D eigenvalue weighted by Crippen LogP contribution is 2.14. The first kappa shape index (κ1) is 16.3. The summed E-state index contributed by atoms with van der Waals surface area (Å²) in [6.45, 7) is 4.98. The number of aliphatic hydroxyl groups is 1. The van der Waals surface area contributed by atoms with E-state index in [1.165, 1.54) is 6.92 Å². The molecule has 0 saturated carbocycles. The third kappa shape index (κ3) is 4.39. The van der Waals surface area contributed by atoms with Gasteiger partial charge >= 0.3 is 5.97 Å². The van der Waals surface area contributed by atoms with E-state index in [1.807, 2.05) is 4.72 Å². The number of hydrogen-bond acceptors (Lipinski definition) is 5. The summed E-state index contributed by atoms with van der Waals surface area (Å²) in [6.07, 6.45) is -1.87. The Labute approximate surface area is 112 Å². The van der Waals surface area contributed by atoms with Gasteiger partial charge < -0.3 is 14.9 Å². The first-order chi connectivity index (χ1) is 8.63. The largest absolute Gasteiger partial charge is 0.480 e. The fraction of sp³-hybridized carbons (Fsp3) is 0.900. The van der Waals surface area contributed by atoms with E-state index >= 15 is 0 Å². The van der Waals surface area contributed by atoms with Crippen molar-refractivity contribution in [2.24, 2.45) is 0 Å². The molecule has 0 aromatic rings. The molecule has 3 N–H and O–H groups in total. The fourth-order valence-electron chi connectivity index (χ4n) is 1.92. The van der Waals surface area contributed by atoms with Crippen LogP contribution >= 0.6 is 0 Å². The van der Waals surface area contributed by atoms with Crippen molar-refractivity contribution in [1.82, 2.24) is 9.03 Å². The molecule has 9 heteroatoms. The summed E-state index contributed by atoms with van der Waals surface area (Å²) < 4.78 is 32.7. The Kier molecular flexibility index (Phi) is 5.27. The Balaban J connectivity index is 2.82. The number of nitrogens with one attached hydrogen (secondary N) is 1. The molecule has 0 aliphatic carbocycles. The van der Waals surface area contributed by atoms with Gasteiger partial charge in [-0.05, 0) is 20.8 Å². The SMILES string of the molecule is CC1CN(S(=O)(=O)NC(C(=O)O)C(C)O)CC(C)O1. The number of aliphatic hydroxyl groups excluding tert-OH is 1. The number of carboxylic acid groups (broad SMARTS) is 1. The Bertz CT molecular complexity index is 414. The van der Waals surface area contributed by atoms with E-state index in [1.54, 1.807) is 13.8 Å². The Morgan fingerprint density at radius 1 is 1.37 bits per heavy atom. The molecule has 1 heterocycles. The van der Waals surface area contributed by atoms with Crippen LogP contribution in [-0.2, 0) is 19.7 Å². The van der Waals surface area contributed by atoms with Gasteiger partial charge in [0.25, 0.3) is 10.2 Å². The monoisotopic (exact) mass is 296 g/mol. The molecule has 0 bridgehead atoms. The van der Waals surface area contributed by atoms with Crippen LogP contribution in [0.2, 0.25) is 0 Å². The van der Waals surface area contributed by atoms with Crippen molar-refractivity contribution in [2.45, 2.75) is 45.1 Å². The normalized spacial score (nSPS) is 28.8. The van der Waals surface area contributed by atoms with E-state index in [0.29, 0.717) is 0 Å². The predicted octanol–water partition coefficient (Wildman–Crippen LogP) is -1.24. The van der Waals surface area contributed by atoms with Crippen LogP contribution in [0, 0.1) is 0 Å². The Hall–Kier alpha value is -0.740. The number of nitrogens with zero attached hydrogens (tertiary/aromatic N) is 1. The molecule has 0 spiro atoms. The number of morpholine rings is 1. The van der Waals surface area contributed by atoms with Gasteiger partial charge in [0.1, 0.15) is 6.04 Å². The van der Waals surface area contributed by atoms with Gasteiger partial charge in [0, 0.05) is 13.1 Å². The smallest absolute Gasteiger partial charge is 0.324 e. The molecule has 0 aromatic carbocycles. The number of carbonyl (C=O) groups is 1. The van der Waals surface area contributed by atoms with E-state index in [4.69, 9.17) is 9.84 Å². The van der Waals surface area contributed by atoms with Crippen molar-refractivity contribution in [2.75, 3.05) is 13.1 Å². The molecule has 112 valence electrons. The lowest BCUT2D eigenvalue weighted by Crippen LogP contribution is -2.57. The summed E-state index contributed by atoms with van der Waals surface area (Å²) in [4.78, 5) is 10.9. The first-order valence-electron chi connectivity index (χ1n) is 5.97. The van der Waals surface area contributed by atoms with Gasteiger partial charge in [-0.3, -0.25) is 4.79 Å². The molecule has 4 atom stereocenters. The minimum absolute atomic E-state index is 0.145. The zero-order chi connectivity index (χ0) is 14.8. The van der Waals surface area contributed by atoms with Crippen LogP contribution < -0.4 is 4.72 Å². The standard InChI is InChI=1S/C10H20N2O6S/c1-6-4-12(5-7(2)18-6)19(16,17)11-9(8(3)13)10(14)15/h6-9,11,13H,4-5H2,1-3H3,(H,14,15). The lowest BCUT2D eigenvalue weighted by atomic mass is 10.2. The average molecular weight is 296 g/mol. The van der Waals surface area contributed by atoms with Crippen LogP contribution in [0.5, 0.6) is 0 Å². The fourth-order valence-corrected chi connectivity index (χ4v) is 3.50. The van der Waals surface area contributed by atoms with Gasteiger partial charge in [0.2, 0.25) is 0 Å². The van der Waals surface area contributed by atoms with Crippen LogP contribution in [0.25, 0.3) is 0 Å². The van der Waals surface area contributed by atoms with E-state index in [0.717, 1.165) is 4.31 Å². The second kappa shape index (κ2) is 6.14. The number of rotatable bonds is 5. The van der Waals surface area contributed by atoms with Gasteiger partial charge in [0.05, 0.1) is 18.3 Å². The zero-order valence-electron chi connectivity index (χ0n) is 11.1. The molecule has 1 saturated heterocycles. The van der Waals surface area contributed by atoms with E-state index in [-0.39, 0.29) is 25.3 Å². The van der Waals surface area contributed by atoms with Crippen molar-refractivity contribution in [1.29, 1.82) is 0 Å². The quantitative estimate of drug-likeness (QED) is 0.584. The summed E-state index contributed by atoms with van der Waals surface area (Å²) >= 11 is 0. The molecule has 19 heavy (non-hydrogen) atoms. The molecule has 4 unspecified atom stereocenters. The minimum atomic E-state index is -3.98. The summed E-state index contributed by atoms with van der Waals surface area (Å²) in [6, 6.07) is -1.57. The highest BCUT2D eigenvalue weighted by Gasteiger charge is 2.35. The number of hydrogen-bond donors (Lipinski definition) is 3. The lowest BCUT2D eigenvalue weighted by molar-refractivity contribution is -0.141. The van der Waals surface area contributed by atoms with Crippen LogP contribution in [0.3, 0.4) is 0 Å². The van der Waals surface area contributed by atoms with Crippen molar-refractivity contribution in [3.8, 4) is 0 Å². The third-order valence-corrected chi connectivity index (χ3v) is 4.28. The summed E-state index contributed by atoms with van der Waals surface area (Å²) in [7, 11) is -3.98. The van der Waals surface area contributed by atoms with Crippen molar-refractivity contribution in [3.63, 3.8) is 0 Å². The maximum absolute atomic E-state index is 12.1. The zero-order valence-corrected chi connectivity index (χ0v) is 11.9. The van der Waals surface area contributed by atoms with Crippen LogP contribution in [0.15, 0.2) is 0 Å². The molecule has 0 aromatic heterocycles. The second-order valence-electron chi connectivity index (χ2n) is 4.75. The summed E-state index contributed by atoms with van der Waals surface area (Å²) in [5.41, 5.74) is 0. The van der Waals surface area contributed by atoms with E-state index in [2.05, 4.69) is 0 Å². The molecule has 1 rings (SSSR count). The van der Waals surface area contributed by atoms with E-state index in [9.17, 15) is 18.3 Å². The van der Waals surface area contributed by atoms with Crippen molar-refractivity contribution in [3.05, 3.63) is 0 Å². The van der Waals surface area contributed by atoms with Gasteiger partial charge in [-0.2, -0.15) is 17.4 Å². The van der Waals surface area contributed by atoms with Gasteiger partial charge in [-0.25, -0.2) is 0 Å². The summed E-state index contributed by atoms with van der Waals surface area (Å²) in [5.74, 6) is -1.42. The predicted molar refractivity (Wildman–Crippen MR) is 66.7 cm³/mol. The topological polar surface area (TPSA) is 116 Å². The average Bonchev–Trinajstić information content (AvgIpc) is 2.23. The molecular formula is C10H20N2O6S. The molecule has 1 aliphatic rings. The maximum atomic E-state index is 12.1. The lowest BCUT2D eigenvalue weighted by Gasteiger charge is -2.35. The molecule has 8 nitrogen and oxygen atoms in total. The highest BCUT2D eigenvalue weighted by atomic mass is 32.2. The number of ether oxygens (including phenoxy) is 1. The number of carboxylic acids is 1. The van der Waals surface area contributed by atoms with Crippen molar-refractivity contribution >= 4 is 16.2 Å². The molecule has 0 amide bonds. The minimum Gasteiger partial charge on any atom is -0.480 e. The van der Waals surface area contributed by atoms with Gasteiger partial charge in [0.15, 0.2) is 0 Å². The molecule has 0 radical (unpaired) electrons. The van der Waals surface area contributed by atoms with E-state index < -0.39 is 28.3 Å². The van der Waals surface area contributed by atoms with Gasteiger partial charge in [-0.1, -0.05) is 0 Å². The number of aliphatic carboxylic acids is 1. The first-order valence-corrected chi connectivity index (χ1v) is 7.41. The van der Waals surface area contributed by atoms with Crippen LogP contribution in [0.1, 0.15) is 20.8 Å². The van der Waals surface area contributed by atoms with Crippen LogP contribution in [-0.4, -0.2) is 66.3 Å². The van der Waals surface area contributed by atoms with Crippen LogP contribution in [0.4, 0.5) is 0 Å². The second-order valence-corrected chi connectivity index (χ2v) is 6.46. The Morgan fingerprint density at radius 2 is 1.84 bits per heavy atom. The molecular weight excluding hydrogens is 276 g/mol. The maximum Gasteiger partial charge on any atom is 0.324 e. The molecule has 1 aliphatic heterocycles. The Morgan fingerprint density at radius 3 is 2.21 bits per heavy atom. The van der Waals surface area contributed by atoms with Crippen molar-refractivity contribution < 1.29 is 28.2 Å². The summed E-state index contributed by atoms with van der Waals surface area (Å²) in [5, 5.41) is 18.2. The highest BCUT2D eigenvalue weighted by molar-refractivity contribution is 7.87. The van der Waals surface area contributed by atoms with Gasteiger partial charge in [-0.15, -0.1) is 0 Å². The molecule has 1 fully saturated rings. The third-order valence-electron chi connectivity index (χ3n) is 2.75.